The predicted octanol–water partition coefficient (Wildman–Crippen LogP) is 3.37. The number of anilines is 2. The van der Waals surface area contributed by atoms with Crippen LogP contribution in [0.2, 0.25) is 0 Å². The van der Waals surface area contributed by atoms with E-state index in [1.165, 1.54) is 10.4 Å². The molecule has 0 aliphatic carbocycles. The lowest BCUT2D eigenvalue weighted by Gasteiger charge is -2.32. The summed E-state index contributed by atoms with van der Waals surface area (Å²) in [6, 6.07) is 8.81. The van der Waals surface area contributed by atoms with Crippen molar-refractivity contribution in [2.75, 3.05) is 23.7 Å². The topological polar surface area (TPSA) is 105 Å². The number of piperidine rings is 1. The van der Waals surface area contributed by atoms with Crippen molar-refractivity contribution in [3.8, 4) is 5.75 Å². The van der Waals surface area contributed by atoms with E-state index in [0.29, 0.717) is 36.4 Å². The smallest absolute Gasteiger partial charge is 0.265 e. The number of rotatable bonds is 4. The summed E-state index contributed by atoms with van der Waals surface area (Å²) >= 11 is 0. The van der Waals surface area contributed by atoms with Crippen LogP contribution in [0.15, 0.2) is 35.2 Å². The maximum absolute atomic E-state index is 13.5. The van der Waals surface area contributed by atoms with Crippen LogP contribution in [0, 0.1) is 26.7 Å². The number of amides is 2. The minimum Gasteiger partial charge on any atom is -0.479 e. The lowest BCUT2D eigenvalue weighted by Crippen LogP contribution is -2.44. The van der Waals surface area contributed by atoms with E-state index in [0.717, 1.165) is 16.8 Å². The normalized spacial score (nSPS) is 21.0. The quantitative estimate of drug-likeness (QED) is 0.711. The van der Waals surface area contributed by atoms with Gasteiger partial charge in [0, 0.05) is 24.8 Å². The molecule has 2 aliphatic heterocycles. The number of sulfonamides is 1. The Morgan fingerprint density at radius 3 is 2.70 bits per heavy atom. The molecule has 0 spiro atoms. The molecule has 0 saturated carbocycles. The molecule has 0 bridgehead atoms. The third kappa shape index (κ3) is 4.47. The largest absolute Gasteiger partial charge is 0.479 e. The average Bonchev–Trinajstić information content (AvgIpc) is 2.77. The summed E-state index contributed by atoms with van der Waals surface area (Å²) < 4.78 is 34.0. The highest BCUT2D eigenvalue weighted by molar-refractivity contribution is 7.89. The zero-order chi connectivity index (χ0) is 23.9. The Morgan fingerprint density at radius 1 is 1.18 bits per heavy atom. The van der Waals surface area contributed by atoms with Crippen molar-refractivity contribution < 1.29 is 22.7 Å². The predicted molar refractivity (Wildman–Crippen MR) is 126 cm³/mol. The lowest BCUT2D eigenvalue weighted by molar-refractivity contribution is -0.123. The Kier molecular flexibility index (Phi) is 6.20. The first-order valence-electron chi connectivity index (χ1n) is 11.1. The summed E-state index contributed by atoms with van der Waals surface area (Å²) in [6.07, 6.45) is 0.514. The van der Waals surface area contributed by atoms with E-state index >= 15 is 0 Å². The number of carbonyl (C=O) groups is 2. The molecule has 9 heteroatoms. The number of ether oxygens (including phenoxy) is 1. The maximum Gasteiger partial charge on any atom is 0.265 e. The Balaban J connectivity index is 1.55. The molecule has 0 unspecified atom stereocenters. The van der Waals surface area contributed by atoms with E-state index in [-0.39, 0.29) is 23.3 Å². The zero-order valence-electron chi connectivity index (χ0n) is 19.3. The van der Waals surface area contributed by atoms with Gasteiger partial charge in [-0.15, -0.1) is 0 Å². The second-order valence-electron chi connectivity index (χ2n) is 8.80. The molecule has 33 heavy (non-hydrogen) atoms. The van der Waals surface area contributed by atoms with Gasteiger partial charge in [0.1, 0.15) is 5.75 Å². The van der Waals surface area contributed by atoms with Crippen molar-refractivity contribution in [2.24, 2.45) is 5.92 Å². The third-order valence-corrected chi connectivity index (χ3v) is 8.45. The van der Waals surface area contributed by atoms with Crippen molar-refractivity contribution in [2.45, 2.75) is 51.5 Å². The first-order chi connectivity index (χ1) is 15.6. The standard InChI is InChI=1S/C24H29N3O5S/c1-14-7-5-9-19(16(14)3)25-24(29)18-8-6-10-27(13-18)33(30,31)22-12-21-20(11-15(22)2)26-23(28)17(4)32-21/h5,7,9,11-12,17-18H,6,8,10,13H2,1-4H3,(H,25,29)(H,26,28)/t17-,18-/m1/s1. The molecule has 2 N–H and O–H groups in total. The van der Waals surface area contributed by atoms with Gasteiger partial charge in [0.05, 0.1) is 16.5 Å². The van der Waals surface area contributed by atoms with E-state index in [9.17, 15) is 18.0 Å². The van der Waals surface area contributed by atoms with Crippen molar-refractivity contribution in [1.29, 1.82) is 0 Å². The molecular weight excluding hydrogens is 442 g/mol. The van der Waals surface area contributed by atoms with E-state index in [2.05, 4.69) is 10.6 Å². The Hall–Kier alpha value is -2.91. The van der Waals surface area contributed by atoms with Crippen molar-refractivity contribution >= 4 is 33.2 Å². The number of carbonyl (C=O) groups excluding carboxylic acids is 2. The highest BCUT2D eigenvalue weighted by atomic mass is 32.2. The summed E-state index contributed by atoms with van der Waals surface area (Å²) in [5.41, 5.74) is 3.79. The van der Waals surface area contributed by atoms with Crippen molar-refractivity contribution in [1.82, 2.24) is 4.31 Å². The summed E-state index contributed by atoms with van der Waals surface area (Å²) in [4.78, 5) is 25.0. The van der Waals surface area contributed by atoms with E-state index < -0.39 is 22.0 Å². The molecular formula is C24H29N3O5S. The molecule has 2 heterocycles. The Morgan fingerprint density at radius 2 is 1.94 bits per heavy atom. The van der Waals surface area contributed by atoms with Crippen LogP contribution in [0.1, 0.15) is 36.5 Å². The fraction of sp³-hybridized carbons (Fsp3) is 0.417. The Labute approximate surface area is 194 Å². The molecule has 2 aliphatic rings. The molecule has 2 aromatic carbocycles. The second-order valence-corrected chi connectivity index (χ2v) is 10.7. The molecule has 1 fully saturated rings. The number of benzene rings is 2. The van der Waals surface area contributed by atoms with Crippen LogP contribution in [0.4, 0.5) is 11.4 Å². The van der Waals surface area contributed by atoms with Gasteiger partial charge in [-0.2, -0.15) is 4.31 Å². The summed E-state index contributed by atoms with van der Waals surface area (Å²) in [6.45, 7) is 7.69. The number of aryl methyl sites for hydroxylation is 2. The van der Waals surface area contributed by atoms with Crippen molar-refractivity contribution in [3.63, 3.8) is 0 Å². The lowest BCUT2D eigenvalue weighted by atomic mass is 9.98. The summed E-state index contributed by atoms with van der Waals surface area (Å²) in [5, 5.41) is 5.71. The summed E-state index contributed by atoms with van der Waals surface area (Å²) in [5.74, 6) is -0.564. The highest BCUT2D eigenvalue weighted by Crippen LogP contribution is 2.36. The Bertz CT molecular complexity index is 1220. The van der Waals surface area contributed by atoms with Crippen LogP contribution in [0.5, 0.6) is 5.75 Å². The van der Waals surface area contributed by atoms with Crippen LogP contribution in [0.25, 0.3) is 0 Å². The molecule has 8 nitrogen and oxygen atoms in total. The van der Waals surface area contributed by atoms with E-state index in [1.807, 2.05) is 32.0 Å². The molecule has 2 amide bonds. The van der Waals surface area contributed by atoms with Gasteiger partial charge in [-0.1, -0.05) is 12.1 Å². The van der Waals surface area contributed by atoms with Gasteiger partial charge in [-0.05, 0) is 69.4 Å². The van der Waals surface area contributed by atoms with Gasteiger partial charge in [0.15, 0.2) is 6.10 Å². The number of hydrogen-bond acceptors (Lipinski definition) is 5. The SMILES string of the molecule is Cc1cc2c(cc1S(=O)(=O)N1CCC[C@@H](C(=O)Nc3cccc(C)c3C)C1)O[C@H](C)C(=O)N2. The summed E-state index contributed by atoms with van der Waals surface area (Å²) in [7, 11) is -3.85. The maximum atomic E-state index is 13.5. The highest BCUT2D eigenvalue weighted by Gasteiger charge is 2.35. The van der Waals surface area contributed by atoms with Gasteiger partial charge in [-0.25, -0.2) is 8.42 Å². The molecule has 0 radical (unpaired) electrons. The molecule has 1 saturated heterocycles. The first kappa shape index (κ1) is 23.3. The van der Waals surface area contributed by atoms with Crippen LogP contribution < -0.4 is 15.4 Å². The number of hydrogen-bond donors (Lipinski definition) is 2. The first-order valence-corrected chi connectivity index (χ1v) is 12.5. The number of fused-ring (bicyclic) bond motifs is 1. The minimum atomic E-state index is -3.85. The minimum absolute atomic E-state index is 0.115. The fourth-order valence-electron chi connectivity index (χ4n) is 4.26. The molecule has 4 rings (SSSR count). The van der Waals surface area contributed by atoms with Gasteiger partial charge in [0.25, 0.3) is 5.91 Å². The van der Waals surface area contributed by atoms with Crippen LogP contribution in [-0.2, 0) is 19.6 Å². The second kappa shape index (κ2) is 8.79. The van der Waals surface area contributed by atoms with Gasteiger partial charge < -0.3 is 15.4 Å². The van der Waals surface area contributed by atoms with E-state index in [4.69, 9.17) is 4.74 Å². The zero-order valence-corrected chi connectivity index (χ0v) is 20.1. The molecule has 0 aromatic heterocycles. The van der Waals surface area contributed by atoms with Gasteiger partial charge in [0.2, 0.25) is 15.9 Å². The number of nitrogens with one attached hydrogen (secondary N) is 2. The van der Waals surface area contributed by atoms with E-state index in [1.54, 1.807) is 19.9 Å². The number of nitrogens with zero attached hydrogens (tertiary/aromatic N) is 1. The van der Waals surface area contributed by atoms with Gasteiger partial charge >= 0.3 is 0 Å². The van der Waals surface area contributed by atoms with Gasteiger partial charge in [-0.3, -0.25) is 9.59 Å². The molecule has 2 atom stereocenters. The fourth-order valence-corrected chi connectivity index (χ4v) is 6.00. The van der Waals surface area contributed by atoms with Crippen LogP contribution >= 0.6 is 0 Å². The average molecular weight is 472 g/mol. The monoisotopic (exact) mass is 471 g/mol. The third-order valence-electron chi connectivity index (χ3n) is 6.44. The van der Waals surface area contributed by atoms with Crippen LogP contribution in [0.3, 0.4) is 0 Å². The molecule has 176 valence electrons. The van der Waals surface area contributed by atoms with Crippen LogP contribution in [-0.4, -0.2) is 43.7 Å². The van der Waals surface area contributed by atoms with Crippen molar-refractivity contribution in [3.05, 3.63) is 47.0 Å². The molecule has 2 aromatic rings.